The van der Waals surface area contributed by atoms with Crippen LogP contribution in [0.4, 0.5) is 0 Å². The quantitative estimate of drug-likeness (QED) is 0.0339. The summed E-state index contributed by atoms with van der Waals surface area (Å²) in [6, 6.07) is -2.85. The number of primary amides is 1. The number of nitrogens with two attached hydrogens (primary N) is 1. The van der Waals surface area contributed by atoms with Crippen LogP contribution in [0.2, 0.25) is 0 Å². The van der Waals surface area contributed by atoms with E-state index in [1.165, 1.54) is 30.0 Å². The molecular formula is C57H81N11O17S. The number of phenolic OH excluding ortho intramolecular Hbond substituents is 1. The van der Waals surface area contributed by atoms with Crippen molar-refractivity contribution < 1.29 is 83.4 Å². The molecule has 5 aliphatic heterocycles. The number of rotatable bonds is 16. The van der Waals surface area contributed by atoms with Gasteiger partial charge in [-0.15, -0.1) is 0 Å². The van der Waals surface area contributed by atoms with Gasteiger partial charge in [0.25, 0.3) is 11.8 Å². The number of hydrogen-bond donors (Lipinski definition) is 12. The van der Waals surface area contributed by atoms with E-state index in [2.05, 4.69) is 41.8 Å². The maximum atomic E-state index is 15.0. The molecule has 10 amide bonds. The predicted octanol–water partition coefficient (Wildman–Crippen LogP) is -3.28. The number of thiol groups is 1. The van der Waals surface area contributed by atoms with Gasteiger partial charge in [-0.05, 0) is 50.2 Å². The van der Waals surface area contributed by atoms with Gasteiger partial charge in [0.1, 0.15) is 29.6 Å². The zero-order valence-corrected chi connectivity index (χ0v) is 49.4. The number of Topliss-reactive ketones (excluding diaryl/α,β-unsaturated/α-hetero) is 2. The molecule has 1 aromatic carbocycles. The number of carbonyl (C=O) groups excluding carboxylic acids is 12. The molecule has 29 heteroatoms. The number of fused-ring (bicyclic) bond motifs is 5. The van der Waals surface area contributed by atoms with Crippen molar-refractivity contribution in [2.45, 2.75) is 152 Å². The zero-order valence-electron chi connectivity index (χ0n) is 48.5. The molecule has 0 unspecified atom stereocenters. The molecule has 0 radical (unpaired) electrons. The van der Waals surface area contributed by atoms with Gasteiger partial charge in [0.15, 0.2) is 11.6 Å². The third kappa shape index (κ3) is 17.2. The molecule has 2 fully saturated rings. The second-order valence-corrected chi connectivity index (χ2v) is 24.1. The molecular weight excluding hydrogens is 1140 g/mol. The van der Waals surface area contributed by atoms with Crippen molar-refractivity contribution in [3.8, 4) is 5.75 Å². The molecule has 0 spiro atoms. The van der Waals surface area contributed by atoms with Crippen LogP contribution in [0.1, 0.15) is 103 Å². The molecule has 2 bridgehead atoms. The standard InChI is InChI=1S/C57H79N11O16S.H2O/c1-4-29(2)50-55(83)60-23-46(77)62-38-28-85-56-36(35-9-10-40(71)37(52(35)65-56)26-66-16-13-33(14-17-66)61-45(76)8-6-5-7-15-67-48(79)11-12-49(67)80)18-31(53(81)59-24-47(78)63-50)19-42(73)51(30(3)43(74)27-69)64-54(82)39-22-34(70)25-68(39)57(84)32(20-41(38)72)21-44(58)75;/h9-12,29-34,38-39,43,50-51,65,69-71,74H,4-8,13-28H2,1-3H3,(H2,58,75)(H,59,81)(H,60,83)(H,61,76)(H,62,77)(H,63,78)(H,64,82);1H2/t29-,30-,31-,32-,34+,38-,39-,43-,50-,51-;/m0./s1. The topological polar surface area (TPSA) is 439 Å². The van der Waals surface area contributed by atoms with Crippen LogP contribution in [0.25, 0.3) is 10.9 Å². The molecule has 1 aromatic heterocycles. The first kappa shape index (κ1) is 67.8. The molecule has 0 saturated carbocycles. The Hall–Kier alpha value is -7.31. The van der Waals surface area contributed by atoms with Gasteiger partial charge in [0, 0.05) is 123 Å². The van der Waals surface area contributed by atoms with Gasteiger partial charge in [0.05, 0.1) is 49.4 Å². The van der Waals surface area contributed by atoms with Crippen molar-refractivity contribution in [1.82, 2.24) is 51.6 Å². The van der Waals surface area contributed by atoms with Crippen LogP contribution in [-0.2, 0) is 82.3 Å². The summed E-state index contributed by atoms with van der Waals surface area (Å²) in [6.07, 6.45) is 0.423. The fourth-order valence-electron chi connectivity index (χ4n) is 11.6. The second-order valence-electron chi connectivity index (χ2n) is 23.0. The Morgan fingerprint density at radius 1 is 0.837 bits per heavy atom. The number of aromatic amines is 1. The van der Waals surface area contributed by atoms with Crippen LogP contribution in [0.3, 0.4) is 0 Å². The van der Waals surface area contributed by atoms with Crippen LogP contribution in [-0.4, -0.2) is 210 Å². The zero-order chi connectivity index (χ0) is 61.8. The molecule has 6 heterocycles. The Morgan fingerprint density at radius 3 is 2.17 bits per heavy atom. The van der Waals surface area contributed by atoms with Gasteiger partial charge >= 0.3 is 0 Å². The minimum absolute atomic E-state index is 0. The lowest BCUT2D eigenvalue weighted by Crippen LogP contribution is -2.56. The summed E-state index contributed by atoms with van der Waals surface area (Å²) < 4.78 is 0. The Morgan fingerprint density at radius 2 is 1.51 bits per heavy atom. The highest BCUT2D eigenvalue weighted by Gasteiger charge is 2.45. The van der Waals surface area contributed by atoms with Gasteiger partial charge in [0.2, 0.25) is 52.3 Å². The number of likely N-dealkylation sites (tertiary alicyclic amines) is 1. The van der Waals surface area contributed by atoms with E-state index >= 15 is 0 Å². The number of nitrogens with one attached hydrogen (secondary N) is 7. The number of aliphatic hydroxyl groups excluding tert-OH is 3. The monoisotopic (exact) mass is 1220 g/mol. The molecule has 86 heavy (non-hydrogen) atoms. The summed E-state index contributed by atoms with van der Waals surface area (Å²) in [5.74, 6) is -13.5. The number of ketones is 2. The van der Waals surface area contributed by atoms with Gasteiger partial charge in [-0.2, -0.15) is 0 Å². The molecule has 5 aliphatic rings. The van der Waals surface area contributed by atoms with Crippen molar-refractivity contribution in [2.75, 3.05) is 51.6 Å². The molecule has 472 valence electrons. The minimum Gasteiger partial charge on any atom is -0.870 e. The normalized spacial score (nSPS) is 25.7. The van der Waals surface area contributed by atoms with Gasteiger partial charge in [-0.1, -0.05) is 33.6 Å². The molecule has 7 rings (SSSR count). The van der Waals surface area contributed by atoms with E-state index in [1.54, 1.807) is 19.9 Å². The van der Waals surface area contributed by atoms with Crippen molar-refractivity contribution in [3.63, 3.8) is 0 Å². The van der Waals surface area contributed by atoms with Gasteiger partial charge in [-0.25, -0.2) is 0 Å². The van der Waals surface area contributed by atoms with E-state index in [4.69, 9.17) is 5.73 Å². The fraction of sp³-hybridized carbons (Fsp3) is 0.614. The van der Waals surface area contributed by atoms with E-state index in [0.29, 0.717) is 78.7 Å². The smallest absolute Gasteiger partial charge is 0.253 e. The first-order chi connectivity index (χ1) is 40.5. The number of nitrogens with zero attached hydrogens (tertiary/aromatic N) is 3. The molecule has 14 N–H and O–H groups in total. The first-order valence-corrected chi connectivity index (χ1v) is 30.2. The largest absolute Gasteiger partial charge is 0.870 e. The van der Waals surface area contributed by atoms with Crippen molar-refractivity contribution in [3.05, 3.63) is 35.4 Å². The lowest BCUT2D eigenvalue weighted by molar-refractivity contribution is -0.145. The average molecular weight is 1220 g/mol. The summed E-state index contributed by atoms with van der Waals surface area (Å²) >= 11 is 0.281. The Balaban J connectivity index is 0.0000118. The number of amides is 10. The number of hydrogen-bond acceptors (Lipinski definition) is 18. The highest BCUT2D eigenvalue weighted by molar-refractivity contribution is 7.78. The Bertz CT molecular complexity index is 2910. The van der Waals surface area contributed by atoms with Crippen molar-refractivity contribution in [2.24, 2.45) is 29.4 Å². The second kappa shape index (κ2) is 30.9. The summed E-state index contributed by atoms with van der Waals surface area (Å²) in [5.41, 5.74) is 6.91. The van der Waals surface area contributed by atoms with Crippen molar-refractivity contribution >= 4 is 93.3 Å². The number of phenols is 1. The third-order valence-corrected chi connectivity index (χ3v) is 18.1. The van der Waals surface area contributed by atoms with Crippen LogP contribution >= 0.6 is 0 Å². The number of H-pyrrole nitrogens is 1. The SMILES string of the molecule is CC[C@H](C)[C@@H]1NC(=O)CNC(=O)[C@@H]2CC(=O)[C@H]([C@@H](C)[C@@H](O)CO)NC(=O)[C@@H]3C[C@@H](O)CN3C(=O)[C@H](CC(N)=O)CC(=O)[C@H](C[SH+]c3[nH]c4c(CN5CCC(NC(=O)CCCCCN6C(=O)C=CC6=O)CC5)c(O)ccc4c3C2)NC(=O)CNC1=O.[OH-]. The molecule has 2 aromatic rings. The van der Waals surface area contributed by atoms with Gasteiger partial charge in [-0.3, -0.25) is 67.3 Å². The Kier molecular flexibility index (Phi) is 24.3. The van der Waals surface area contributed by atoms with Crippen LogP contribution < -0.4 is 37.6 Å². The number of aliphatic hydroxyl groups is 3. The number of aromatic nitrogens is 1. The van der Waals surface area contributed by atoms with E-state index < -0.39 is 158 Å². The van der Waals surface area contributed by atoms with E-state index in [9.17, 15) is 78.0 Å². The van der Waals surface area contributed by atoms with Crippen LogP contribution in [0.15, 0.2) is 29.3 Å². The summed E-state index contributed by atoms with van der Waals surface area (Å²) in [6.45, 7) is 3.66. The molecule has 28 nitrogen and oxygen atoms in total. The Labute approximate surface area is 500 Å². The van der Waals surface area contributed by atoms with Crippen LogP contribution in [0.5, 0.6) is 5.75 Å². The number of benzene rings is 1. The summed E-state index contributed by atoms with van der Waals surface area (Å²) in [4.78, 5) is 172. The maximum absolute atomic E-state index is 15.0. The van der Waals surface area contributed by atoms with Crippen molar-refractivity contribution in [1.29, 1.82) is 0 Å². The summed E-state index contributed by atoms with van der Waals surface area (Å²) in [7, 11) is 0. The number of imide groups is 1. The first-order valence-electron chi connectivity index (χ1n) is 29.1. The predicted molar refractivity (Wildman–Crippen MR) is 308 cm³/mol. The van der Waals surface area contributed by atoms with E-state index in [1.807, 2.05) is 0 Å². The third-order valence-electron chi connectivity index (χ3n) is 16.8. The number of unbranched alkanes of at least 4 members (excludes halogenated alkanes) is 2. The van der Waals surface area contributed by atoms with Gasteiger partial charge < -0.3 is 73.4 Å². The van der Waals surface area contributed by atoms with Crippen LogP contribution in [0, 0.1) is 23.7 Å². The number of carbonyl (C=O) groups is 12. The lowest BCUT2D eigenvalue weighted by atomic mass is 9.85. The summed E-state index contributed by atoms with van der Waals surface area (Å²) in [5, 5.41) is 60.6. The highest BCUT2D eigenvalue weighted by atomic mass is 32.2. The fourth-order valence-corrected chi connectivity index (χ4v) is 12.9. The maximum Gasteiger partial charge on any atom is 0.253 e. The molecule has 2 saturated heterocycles. The average Bonchev–Trinajstić information content (AvgIpc) is 1.78. The van der Waals surface area contributed by atoms with E-state index in [0.717, 1.165) is 4.90 Å². The molecule has 0 aliphatic carbocycles. The number of piperidine rings is 1. The highest BCUT2D eigenvalue weighted by Crippen LogP contribution is 2.36. The lowest BCUT2D eigenvalue weighted by Gasteiger charge is -2.32. The minimum atomic E-state index is -1.65. The number of aromatic hydroxyl groups is 1. The molecule has 10 atom stereocenters. The van der Waals surface area contributed by atoms with E-state index in [-0.39, 0.29) is 84.9 Å².